The van der Waals surface area contributed by atoms with E-state index in [-0.39, 0.29) is 6.03 Å². The number of ether oxygens (including phenoxy) is 2. The molecular weight excluding hydrogens is 332 g/mol. The lowest BCUT2D eigenvalue weighted by Gasteiger charge is -2.28. The van der Waals surface area contributed by atoms with Gasteiger partial charge in [0.2, 0.25) is 0 Å². The van der Waals surface area contributed by atoms with E-state index in [1.54, 1.807) is 13.3 Å². The Balaban J connectivity index is 1.48. The summed E-state index contributed by atoms with van der Waals surface area (Å²) in [6, 6.07) is 11.3. The summed E-state index contributed by atoms with van der Waals surface area (Å²) in [5.74, 6) is 1.70. The number of rotatable bonds is 6. The molecule has 138 valence electrons. The molecule has 7 nitrogen and oxygen atoms in total. The molecule has 2 amide bonds. The number of hydrogen-bond donors (Lipinski definition) is 2. The Kier molecular flexibility index (Phi) is 6.27. The Hall–Kier alpha value is -2.80. The predicted molar refractivity (Wildman–Crippen MR) is 99.3 cm³/mol. The third-order valence-electron chi connectivity index (χ3n) is 4.19. The second kappa shape index (κ2) is 9.05. The summed E-state index contributed by atoms with van der Waals surface area (Å²) in [6.45, 7) is 4.01. The van der Waals surface area contributed by atoms with Crippen molar-refractivity contribution in [3.8, 4) is 5.75 Å². The minimum Gasteiger partial charge on any atom is -0.497 e. The molecule has 1 aliphatic rings. The van der Waals surface area contributed by atoms with Gasteiger partial charge in [-0.05, 0) is 35.4 Å². The number of methoxy groups -OCH3 is 1. The number of benzene rings is 1. The molecule has 3 rings (SSSR count). The highest BCUT2D eigenvalue weighted by molar-refractivity contribution is 5.73. The largest absolute Gasteiger partial charge is 0.497 e. The number of carbonyl (C=O) groups excluding carboxylic acids is 1. The number of nitrogens with one attached hydrogen (secondary N) is 2. The summed E-state index contributed by atoms with van der Waals surface area (Å²) in [4.78, 5) is 18.6. The number of pyridine rings is 1. The van der Waals surface area contributed by atoms with Gasteiger partial charge in [-0.2, -0.15) is 0 Å². The number of amides is 2. The van der Waals surface area contributed by atoms with Crippen LogP contribution in [-0.2, 0) is 17.8 Å². The Bertz CT molecular complexity index is 732. The zero-order valence-electron chi connectivity index (χ0n) is 14.9. The Morgan fingerprint density at radius 2 is 1.88 bits per heavy atom. The number of urea groups is 1. The lowest BCUT2D eigenvalue weighted by Crippen LogP contribution is -2.37. The number of aromatic nitrogens is 1. The molecule has 0 saturated carbocycles. The number of anilines is 1. The van der Waals surface area contributed by atoms with E-state index in [9.17, 15) is 4.79 Å². The average molecular weight is 356 g/mol. The monoisotopic (exact) mass is 356 g/mol. The van der Waals surface area contributed by atoms with E-state index in [0.717, 1.165) is 49.0 Å². The Morgan fingerprint density at radius 3 is 2.62 bits per heavy atom. The van der Waals surface area contributed by atoms with Crippen molar-refractivity contribution in [1.29, 1.82) is 0 Å². The van der Waals surface area contributed by atoms with Crippen molar-refractivity contribution in [2.75, 3.05) is 38.3 Å². The molecule has 1 aromatic heterocycles. The second-order valence-corrected chi connectivity index (χ2v) is 6.01. The van der Waals surface area contributed by atoms with Crippen LogP contribution >= 0.6 is 0 Å². The minimum absolute atomic E-state index is 0.211. The van der Waals surface area contributed by atoms with Gasteiger partial charge in [-0.25, -0.2) is 9.78 Å². The van der Waals surface area contributed by atoms with Crippen LogP contribution in [0, 0.1) is 0 Å². The molecule has 1 aliphatic heterocycles. The summed E-state index contributed by atoms with van der Waals surface area (Å²) >= 11 is 0. The van der Waals surface area contributed by atoms with Crippen molar-refractivity contribution in [2.45, 2.75) is 13.1 Å². The van der Waals surface area contributed by atoms with E-state index in [0.29, 0.717) is 13.1 Å². The van der Waals surface area contributed by atoms with Crippen molar-refractivity contribution in [1.82, 2.24) is 15.6 Å². The van der Waals surface area contributed by atoms with Gasteiger partial charge in [0.1, 0.15) is 11.6 Å². The first-order valence-electron chi connectivity index (χ1n) is 8.67. The zero-order valence-corrected chi connectivity index (χ0v) is 14.9. The average Bonchev–Trinajstić information content (AvgIpc) is 2.72. The number of morpholine rings is 1. The molecule has 0 atom stereocenters. The fourth-order valence-corrected chi connectivity index (χ4v) is 2.75. The van der Waals surface area contributed by atoms with Gasteiger partial charge in [0.25, 0.3) is 0 Å². The van der Waals surface area contributed by atoms with Crippen LogP contribution in [0.4, 0.5) is 10.6 Å². The quantitative estimate of drug-likeness (QED) is 0.827. The van der Waals surface area contributed by atoms with Gasteiger partial charge in [-0.1, -0.05) is 12.1 Å². The molecule has 0 bridgehead atoms. The molecule has 0 unspecified atom stereocenters. The highest BCUT2D eigenvalue weighted by Crippen LogP contribution is 2.14. The van der Waals surface area contributed by atoms with Gasteiger partial charge in [0.15, 0.2) is 0 Å². The van der Waals surface area contributed by atoms with E-state index in [4.69, 9.17) is 9.47 Å². The normalized spacial score (nSPS) is 14.0. The predicted octanol–water partition coefficient (Wildman–Crippen LogP) is 1.93. The first-order chi connectivity index (χ1) is 12.7. The number of carbonyl (C=O) groups is 1. The number of nitrogens with zero attached hydrogens (tertiary/aromatic N) is 2. The molecule has 0 radical (unpaired) electrons. The second-order valence-electron chi connectivity index (χ2n) is 6.01. The highest BCUT2D eigenvalue weighted by atomic mass is 16.5. The van der Waals surface area contributed by atoms with Crippen LogP contribution in [0.1, 0.15) is 11.1 Å². The van der Waals surface area contributed by atoms with Crippen molar-refractivity contribution in [3.05, 3.63) is 53.7 Å². The van der Waals surface area contributed by atoms with Gasteiger partial charge in [0, 0.05) is 32.4 Å². The smallest absolute Gasteiger partial charge is 0.315 e. The summed E-state index contributed by atoms with van der Waals surface area (Å²) in [7, 11) is 1.62. The van der Waals surface area contributed by atoms with Crippen LogP contribution in [0.5, 0.6) is 5.75 Å². The summed E-state index contributed by atoms with van der Waals surface area (Å²) < 4.78 is 10.5. The lowest BCUT2D eigenvalue weighted by molar-refractivity contribution is 0.122. The minimum atomic E-state index is -0.211. The third kappa shape index (κ3) is 5.10. The SMILES string of the molecule is COc1cccc(CNC(=O)NCc2ccnc(N3CCOCC3)c2)c1. The fraction of sp³-hybridized carbons (Fsp3) is 0.368. The topological polar surface area (TPSA) is 75.7 Å². The number of hydrogen-bond acceptors (Lipinski definition) is 5. The standard InChI is InChI=1S/C19H24N4O3/c1-25-17-4-2-3-15(11-17)13-21-19(24)22-14-16-5-6-20-18(12-16)23-7-9-26-10-8-23/h2-6,11-12H,7-10,13-14H2,1H3,(H2,21,22,24). The van der Waals surface area contributed by atoms with Crippen LogP contribution in [0.15, 0.2) is 42.6 Å². The maximum Gasteiger partial charge on any atom is 0.315 e. The van der Waals surface area contributed by atoms with Crippen LogP contribution < -0.4 is 20.3 Å². The molecule has 0 aliphatic carbocycles. The summed E-state index contributed by atoms with van der Waals surface area (Å²) in [5, 5.41) is 5.73. The molecule has 2 aromatic rings. The van der Waals surface area contributed by atoms with E-state index in [1.165, 1.54) is 0 Å². The van der Waals surface area contributed by atoms with E-state index >= 15 is 0 Å². The molecule has 2 heterocycles. The molecule has 1 fully saturated rings. The van der Waals surface area contributed by atoms with Crippen LogP contribution in [-0.4, -0.2) is 44.4 Å². The molecule has 0 spiro atoms. The molecule has 2 N–H and O–H groups in total. The first-order valence-corrected chi connectivity index (χ1v) is 8.67. The van der Waals surface area contributed by atoms with Crippen molar-refractivity contribution in [3.63, 3.8) is 0 Å². The van der Waals surface area contributed by atoms with Gasteiger partial charge in [-0.15, -0.1) is 0 Å². The molecule has 1 aromatic carbocycles. The van der Waals surface area contributed by atoms with Crippen molar-refractivity contribution >= 4 is 11.8 Å². The molecular formula is C19H24N4O3. The summed E-state index contributed by atoms with van der Waals surface area (Å²) in [6.07, 6.45) is 1.77. The maximum absolute atomic E-state index is 12.0. The van der Waals surface area contributed by atoms with Crippen molar-refractivity contribution in [2.24, 2.45) is 0 Å². The van der Waals surface area contributed by atoms with Gasteiger partial charge in [-0.3, -0.25) is 0 Å². The van der Waals surface area contributed by atoms with E-state index in [2.05, 4.69) is 20.5 Å². The Labute approximate surface area is 153 Å². The van der Waals surface area contributed by atoms with Crippen molar-refractivity contribution < 1.29 is 14.3 Å². The van der Waals surface area contributed by atoms with Gasteiger partial charge >= 0.3 is 6.03 Å². The maximum atomic E-state index is 12.0. The Morgan fingerprint density at radius 1 is 1.15 bits per heavy atom. The van der Waals surface area contributed by atoms with E-state index < -0.39 is 0 Å². The lowest BCUT2D eigenvalue weighted by atomic mass is 10.2. The van der Waals surface area contributed by atoms with Crippen LogP contribution in [0.3, 0.4) is 0 Å². The molecule has 7 heteroatoms. The molecule has 1 saturated heterocycles. The van der Waals surface area contributed by atoms with Gasteiger partial charge in [0.05, 0.1) is 20.3 Å². The summed E-state index contributed by atoms with van der Waals surface area (Å²) in [5.41, 5.74) is 2.00. The first kappa shape index (κ1) is 18.0. The van der Waals surface area contributed by atoms with Crippen LogP contribution in [0.2, 0.25) is 0 Å². The van der Waals surface area contributed by atoms with E-state index in [1.807, 2.05) is 36.4 Å². The highest BCUT2D eigenvalue weighted by Gasteiger charge is 2.12. The zero-order chi connectivity index (χ0) is 18.2. The third-order valence-corrected chi connectivity index (χ3v) is 4.19. The van der Waals surface area contributed by atoms with Crippen LogP contribution in [0.25, 0.3) is 0 Å². The fourth-order valence-electron chi connectivity index (χ4n) is 2.75. The molecule has 26 heavy (non-hydrogen) atoms. The van der Waals surface area contributed by atoms with Gasteiger partial charge < -0.3 is 25.0 Å².